The molecule has 0 heterocycles. The monoisotopic (exact) mass is 295 g/mol. The Morgan fingerprint density at radius 2 is 1.35 bits per heavy atom. The molecule has 0 atom stereocenters. The van der Waals surface area contributed by atoms with E-state index in [1.165, 1.54) is 57.8 Å². The summed E-state index contributed by atoms with van der Waals surface area (Å²) in [6.45, 7) is 13.2. The minimum atomic E-state index is 0. The Morgan fingerprint density at radius 3 is 1.60 bits per heavy atom. The van der Waals surface area contributed by atoms with E-state index in [4.69, 9.17) is 0 Å². The van der Waals surface area contributed by atoms with Crippen LogP contribution < -0.4 is 6.15 Å². The zero-order valence-corrected chi connectivity index (χ0v) is 15.2. The second-order valence-corrected chi connectivity index (χ2v) is 5.63. The summed E-state index contributed by atoms with van der Waals surface area (Å²) >= 11 is 0. The first-order valence-electron chi connectivity index (χ1n) is 8.16. The Labute approximate surface area is 129 Å². The molecule has 0 aliphatic heterocycles. The summed E-state index contributed by atoms with van der Waals surface area (Å²) in [6.07, 6.45) is 13.0. The molecule has 0 aromatic heterocycles. The van der Waals surface area contributed by atoms with Crippen LogP contribution in [0.1, 0.15) is 99.3 Å². The van der Waals surface area contributed by atoms with Gasteiger partial charge in [-0.15, -0.1) is 0 Å². The lowest BCUT2D eigenvalue weighted by molar-refractivity contribution is 0.385. The predicted molar refractivity (Wildman–Crippen MR) is 94.8 cm³/mol. The van der Waals surface area contributed by atoms with Crippen molar-refractivity contribution in [1.82, 2.24) is 6.15 Å². The van der Waals surface area contributed by atoms with Crippen LogP contribution in [0.15, 0.2) is 0 Å². The lowest BCUT2D eigenvalue weighted by Gasteiger charge is -2.15. The first-order valence-corrected chi connectivity index (χ1v) is 8.16. The smallest absolute Gasteiger partial charge is 0.0443 e. The Hall–Kier alpha value is -0.120. The van der Waals surface area contributed by atoms with Gasteiger partial charge >= 0.3 is 0 Å². The summed E-state index contributed by atoms with van der Waals surface area (Å²) in [6, 6.07) is 0. The maximum absolute atomic E-state index is 2.36. The lowest BCUT2D eigenvalue weighted by Crippen LogP contribution is -1.99. The quantitative estimate of drug-likeness (QED) is 0.695. The normalized spacial score (nSPS) is 13.3. The third kappa shape index (κ3) is 30.7. The van der Waals surface area contributed by atoms with E-state index in [0.29, 0.717) is 0 Å². The summed E-state index contributed by atoms with van der Waals surface area (Å²) < 4.78 is 0. The molecule has 20 heavy (non-hydrogen) atoms. The highest BCUT2D eigenvalue weighted by atomic mass is 16.0. The first kappa shape index (κ1) is 32.0. The number of rotatable bonds is 4. The van der Waals surface area contributed by atoms with Gasteiger partial charge in [0, 0.05) is 0 Å². The molecule has 0 unspecified atom stereocenters. The van der Waals surface area contributed by atoms with Gasteiger partial charge in [-0.2, -0.15) is 0 Å². The van der Waals surface area contributed by atoms with Crippen molar-refractivity contribution in [2.24, 2.45) is 11.8 Å². The van der Waals surface area contributed by atoms with Crippen LogP contribution in [-0.4, -0.2) is 11.0 Å². The number of hydrogen-bond acceptors (Lipinski definition) is 1. The molecule has 0 aromatic rings. The zero-order valence-electron chi connectivity index (χ0n) is 15.2. The van der Waals surface area contributed by atoms with Crippen LogP contribution in [-0.2, 0) is 0 Å². The van der Waals surface area contributed by atoms with Crippen molar-refractivity contribution < 1.29 is 11.0 Å². The summed E-state index contributed by atoms with van der Waals surface area (Å²) in [5.41, 5.74) is 0. The molecular weight excluding hydrogens is 250 g/mol. The largest absolute Gasteiger partial charge is 0.412 e. The molecule has 1 aliphatic carbocycles. The van der Waals surface area contributed by atoms with Crippen molar-refractivity contribution in [3.8, 4) is 0 Å². The maximum atomic E-state index is 2.36. The van der Waals surface area contributed by atoms with Gasteiger partial charge in [0.2, 0.25) is 0 Å². The third-order valence-corrected chi connectivity index (χ3v) is 3.28. The van der Waals surface area contributed by atoms with Crippen molar-refractivity contribution in [3.05, 3.63) is 0 Å². The topological polar surface area (TPSA) is 98.0 Å². The van der Waals surface area contributed by atoms with Crippen molar-refractivity contribution in [1.29, 1.82) is 0 Å². The van der Waals surface area contributed by atoms with E-state index in [0.717, 1.165) is 11.8 Å². The first-order chi connectivity index (χ1) is 8.16. The van der Waals surface area contributed by atoms with E-state index in [2.05, 4.69) is 27.7 Å². The fourth-order valence-electron chi connectivity index (χ4n) is 2.11. The molecule has 130 valence electrons. The third-order valence-electron chi connectivity index (χ3n) is 3.28. The lowest BCUT2D eigenvalue weighted by atomic mass is 9.91. The molecule has 0 aromatic carbocycles. The van der Waals surface area contributed by atoms with Crippen LogP contribution in [0, 0.1) is 11.8 Å². The fourth-order valence-corrected chi connectivity index (χ4v) is 2.11. The summed E-state index contributed by atoms with van der Waals surface area (Å²) in [5, 5.41) is 0. The van der Waals surface area contributed by atoms with Gasteiger partial charge in [0.25, 0.3) is 0 Å². The molecule has 0 saturated heterocycles. The van der Waals surface area contributed by atoms with Gasteiger partial charge in [-0.3, -0.25) is 0 Å². The SMILES string of the molecule is CC.CC1CCCCC1.CCCCCC(C)C.N.O.O. The van der Waals surface area contributed by atoms with E-state index in [1.54, 1.807) is 0 Å². The number of hydrogen-bond donors (Lipinski definition) is 1. The van der Waals surface area contributed by atoms with Crippen LogP contribution in [0.25, 0.3) is 0 Å². The van der Waals surface area contributed by atoms with Gasteiger partial charge in [-0.1, -0.05) is 99.3 Å². The average molecular weight is 296 g/mol. The Bertz CT molecular complexity index is 124. The summed E-state index contributed by atoms with van der Waals surface area (Å²) in [5.74, 6) is 1.94. The maximum Gasteiger partial charge on any atom is -0.0443 e. The van der Waals surface area contributed by atoms with Crippen LogP contribution in [0.4, 0.5) is 0 Å². The second-order valence-electron chi connectivity index (χ2n) is 5.63. The Morgan fingerprint density at radius 1 is 0.900 bits per heavy atom. The van der Waals surface area contributed by atoms with Crippen molar-refractivity contribution in [2.75, 3.05) is 0 Å². The van der Waals surface area contributed by atoms with Gasteiger partial charge in [0.15, 0.2) is 0 Å². The molecule has 3 heteroatoms. The molecule has 3 nitrogen and oxygen atoms in total. The molecule has 0 amide bonds. The Kier molecular flexibility index (Phi) is 43.6. The van der Waals surface area contributed by atoms with Gasteiger partial charge in [0.1, 0.15) is 0 Å². The van der Waals surface area contributed by atoms with Crippen LogP contribution in [0.3, 0.4) is 0 Å². The molecule has 1 fully saturated rings. The molecule has 1 aliphatic rings. The van der Waals surface area contributed by atoms with Crippen LogP contribution in [0.5, 0.6) is 0 Å². The van der Waals surface area contributed by atoms with Crippen LogP contribution in [0.2, 0.25) is 0 Å². The standard InChI is InChI=1S/C8H18.C7H14.C2H6.H3N.2H2O/c1-4-5-6-7-8(2)3;1-7-5-3-2-4-6-7;1-2;;;/h8H,4-7H2,1-3H3;7H,2-6H2,1H3;1-2H3;1H3;2*1H2. The minimum absolute atomic E-state index is 0. The van der Waals surface area contributed by atoms with E-state index in [-0.39, 0.29) is 17.1 Å². The highest BCUT2D eigenvalue weighted by molar-refractivity contribution is 4.59. The molecular formula is C17H45NO2. The number of unbranched alkanes of at least 4 members (excludes halogenated alkanes) is 2. The van der Waals surface area contributed by atoms with E-state index in [9.17, 15) is 0 Å². The van der Waals surface area contributed by atoms with Gasteiger partial charge in [0.05, 0.1) is 0 Å². The van der Waals surface area contributed by atoms with E-state index < -0.39 is 0 Å². The van der Waals surface area contributed by atoms with Gasteiger partial charge in [-0.25, -0.2) is 0 Å². The molecule has 1 saturated carbocycles. The van der Waals surface area contributed by atoms with Crippen molar-refractivity contribution >= 4 is 0 Å². The highest BCUT2D eigenvalue weighted by Crippen LogP contribution is 2.22. The second kappa shape index (κ2) is 27.3. The molecule has 0 radical (unpaired) electrons. The van der Waals surface area contributed by atoms with Gasteiger partial charge < -0.3 is 17.1 Å². The minimum Gasteiger partial charge on any atom is -0.412 e. The molecule has 0 bridgehead atoms. The van der Waals surface area contributed by atoms with E-state index >= 15 is 0 Å². The van der Waals surface area contributed by atoms with Crippen molar-refractivity contribution in [3.63, 3.8) is 0 Å². The zero-order chi connectivity index (χ0) is 13.5. The van der Waals surface area contributed by atoms with E-state index in [1.807, 2.05) is 13.8 Å². The average Bonchev–Trinajstić information content (AvgIpc) is 2.33. The fraction of sp³-hybridized carbons (Fsp3) is 1.00. The Balaban J connectivity index is -0.0000000589. The highest BCUT2D eigenvalue weighted by Gasteiger charge is 2.05. The molecule has 0 spiro atoms. The summed E-state index contributed by atoms with van der Waals surface area (Å²) in [7, 11) is 0. The predicted octanol–water partition coefficient (Wildman–Crippen LogP) is 5.35. The van der Waals surface area contributed by atoms with Crippen LogP contribution >= 0.6 is 0 Å². The van der Waals surface area contributed by atoms with Gasteiger partial charge in [-0.05, 0) is 11.8 Å². The molecule has 7 N–H and O–H groups in total. The molecule has 1 rings (SSSR count). The summed E-state index contributed by atoms with van der Waals surface area (Å²) in [4.78, 5) is 0. The van der Waals surface area contributed by atoms with Crippen molar-refractivity contribution in [2.45, 2.75) is 99.3 Å².